The van der Waals surface area contributed by atoms with Crippen LogP contribution in [0.4, 0.5) is 0 Å². The zero-order chi connectivity index (χ0) is 24.2. The van der Waals surface area contributed by atoms with E-state index in [2.05, 4.69) is 28.0 Å². The molecule has 0 unspecified atom stereocenters. The Kier molecular flexibility index (Phi) is 7.07. The number of carboxylic acid groups (broad SMARTS) is 1. The van der Waals surface area contributed by atoms with Crippen molar-refractivity contribution in [1.29, 1.82) is 0 Å². The van der Waals surface area contributed by atoms with Gasteiger partial charge >= 0.3 is 5.97 Å². The lowest BCUT2D eigenvalue weighted by molar-refractivity contribution is -0.144. The number of halogens is 1. The highest BCUT2D eigenvalue weighted by atomic mass is 79.9. The fraction of sp³-hybridized carbons (Fsp3) is 0.231. The van der Waals surface area contributed by atoms with Crippen LogP contribution in [-0.2, 0) is 11.2 Å². The molecule has 7 nitrogen and oxygen atoms in total. The van der Waals surface area contributed by atoms with Crippen molar-refractivity contribution < 1.29 is 14.6 Å². The van der Waals surface area contributed by atoms with E-state index in [1.54, 1.807) is 18.3 Å². The van der Waals surface area contributed by atoms with Gasteiger partial charge in [-0.1, -0.05) is 59.6 Å². The molecule has 34 heavy (non-hydrogen) atoms. The van der Waals surface area contributed by atoms with E-state index in [1.807, 2.05) is 42.5 Å². The standard InChI is InChI=1S/C26H24BrN3O4/c1-3-4-9-24-29-22-12-11-18(27)14-20(22)25(31)30(24)28-15-21-19-8-6-5-7-17(19)10-13-23(21)34-16(2)26(32)33/h5-8,10-16H,3-4,9H2,1-2H3,(H,32,33)/t16-/m1/s1. The number of carboxylic acids is 1. The van der Waals surface area contributed by atoms with Crippen molar-refractivity contribution in [2.45, 2.75) is 39.2 Å². The van der Waals surface area contributed by atoms with Gasteiger partial charge < -0.3 is 9.84 Å². The summed E-state index contributed by atoms with van der Waals surface area (Å²) < 4.78 is 7.83. The molecule has 0 fully saturated rings. The quantitative estimate of drug-likeness (QED) is 0.313. The van der Waals surface area contributed by atoms with Gasteiger partial charge in [-0.15, -0.1) is 0 Å². The number of aliphatic carboxylic acids is 1. The number of hydrogen-bond donors (Lipinski definition) is 1. The van der Waals surface area contributed by atoms with Crippen molar-refractivity contribution in [3.63, 3.8) is 0 Å². The van der Waals surface area contributed by atoms with Crippen LogP contribution in [0.5, 0.6) is 5.75 Å². The van der Waals surface area contributed by atoms with E-state index in [0.29, 0.717) is 34.5 Å². The Morgan fingerprint density at radius 3 is 2.76 bits per heavy atom. The minimum Gasteiger partial charge on any atom is -0.479 e. The Balaban J connectivity index is 1.89. The maximum Gasteiger partial charge on any atom is 0.344 e. The first kappa shape index (κ1) is 23.6. The Labute approximate surface area is 204 Å². The van der Waals surface area contributed by atoms with Gasteiger partial charge in [-0.25, -0.2) is 9.78 Å². The molecule has 4 rings (SSSR count). The van der Waals surface area contributed by atoms with Crippen LogP contribution in [0.25, 0.3) is 21.7 Å². The van der Waals surface area contributed by atoms with E-state index in [1.165, 1.54) is 11.6 Å². The number of aryl methyl sites for hydroxylation is 1. The van der Waals surface area contributed by atoms with Crippen molar-refractivity contribution >= 4 is 49.8 Å². The molecule has 8 heteroatoms. The molecule has 0 spiro atoms. The van der Waals surface area contributed by atoms with Crippen molar-refractivity contribution in [2.75, 3.05) is 0 Å². The number of unbranched alkanes of at least 4 members (excludes halogenated alkanes) is 1. The molecule has 0 radical (unpaired) electrons. The van der Waals surface area contributed by atoms with E-state index in [9.17, 15) is 14.7 Å². The lowest BCUT2D eigenvalue weighted by atomic mass is 10.0. The summed E-state index contributed by atoms with van der Waals surface area (Å²) in [5.74, 6) is -0.130. The number of rotatable bonds is 8. The molecule has 1 heterocycles. The van der Waals surface area contributed by atoms with Gasteiger partial charge in [0.1, 0.15) is 11.6 Å². The van der Waals surface area contributed by atoms with Gasteiger partial charge in [0.05, 0.1) is 17.1 Å². The van der Waals surface area contributed by atoms with E-state index in [0.717, 1.165) is 28.1 Å². The zero-order valence-corrected chi connectivity index (χ0v) is 20.4. The molecule has 0 saturated carbocycles. The number of hydrogen-bond acceptors (Lipinski definition) is 5. The molecule has 0 aliphatic heterocycles. The zero-order valence-electron chi connectivity index (χ0n) is 18.9. The number of aromatic nitrogens is 2. The molecule has 4 aromatic rings. The summed E-state index contributed by atoms with van der Waals surface area (Å²) in [7, 11) is 0. The van der Waals surface area contributed by atoms with Crippen molar-refractivity contribution in [1.82, 2.24) is 9.66 Å². The van der Waals surface area contributed by atoms with Gasteiger partial charge in [-0.2, -0.15) is 9.78 Å². The normalized spacial score (nSPS) is 12.4. The SMILES string of the molecule is CCCCc1nc2ccc(Br)cc2c(=O)n1N=Cc1c(O[C@H](C)C(=O)O)ccc2ccccc12. The Bertz CT molecular complexity index is 1460. The fourth-order valence-corrected chi connectivity index (χ4v) is 4.04. The Hall–Kier alpha value is -3.52. The van der Waals surface area contributed by atoms with Crippen LogP contribution in [0.2, 0.25) is 0 Å². The Morgan fingerprint density at radius 1 is 1.21 bits per heavy atom. The summed E-state index contributed by atoms with van der Waals surface area (Å²) in [5, 5.41) is 16.1. The molecule has 0 saturated heterocycles. The fourth-order valence-electron chi connectivity index (χ4n) is 3.68. The average molecular weight is 522 g/mol. The third kappa shape index (κ3) is 4.87. The van der Waals surface area contributed by atoms with E-state index in [-0.39, 0.29) is 5.56 Å². The average Bonchev–Trinajstić information content (AvgIpc) is 2.83. The molecule has 1 aromatic heterocycles. The Morgan fingerprint density at radius 2 is 2.00 bits per heavy atom. The molecule has 174 valence electrons. The summed E-state index contributed by atoms with van der Waals surface area (Å²) in [5.41, 5.74) is 0.944. The summed E-state index contributed by atoms with van der Waals surface area (Å²) in [6.07, 6.45) is 2.92. The number of fused-ring (bicyclic) bond motifs is 2. The van der Waals surface area contributed by atoms with Gasteiger partial charge in [-0.3, -0.25) is 4.79 Å². The van der Waals surface area contributed by atoms with Gasteiger partial charge in [0.15, 0.2) is 6.10 Å². The van der Waals surface area contributed by atoms with Crippen LogP contribution in [0.1, 0.15) is 38.1 Å². The third-order valence-corrected chi connectivity index (χ3v) is 6.01. The number of carbonyl (C=O) groups is 1. The van der Waals surface area contributed by atoms with Crippen LogP contribution in [0.3, 0.4) is 0 Å². The summed E-state index contributed by atoms with van der Waals surface area (Å²) >= 11 is 3.42. The molecular formula is C26H24BrN3O4. The highest BCUT2D eigenvalue weighted by Gasteiger charge is 2.17. The molecule has 0 aliphatic rings. The second-order valence-corrected chi connectivity index (χ2v) is 8.87. The second-order valence-electron chi connectivity index (χ2n) is 7.95. The number of benzene rings is 3. The van der Waals surface area contributed by atoms with E-state index in [4.69, 9.17) is 9.72 Å². The van der Waals surface area contributed by atoms with Crippen LogP contribution < -0.4 is 10.3 Å². The first-order valence-corrected chi connectivity index (χ1v) is 11.8. The monoisotopic (exact) mass is 521 g/mol. The summed E-state index contributed by atoms with van der Waals surface area (Å²) in [6.45, 7) is 3.55. The molecule has 0 aliphatic carbocycles. The van der Waals surface area contributed by atoms with Crippen molar-refractivity contribution in [3.8, 4) is 5.75 Å². The molecule has 0 bridgehead atoms. The first-order valence-electron chi connectivity index (χ1n) is 11.1. The van der Waals surface area contributed by atoms with Crippen LogP contribution in [0.15, 0.2) is 69.0 Å². The summed E-state index contributed by atoms with van der Waals surface area (Å²) in [6, 6.07) is 16.7. The predicted molar refractivity (Wildman–Crippen MR) is 137 cm³/mol. The molecule has 1 atom stereocenters. The maximum absolute atomic E-state index is 13.4. The minimum atomic E-state index is -1.07. The van der Waals surface area contributed by atoms with Crippen LogP contribution >= 0.6 is 15.9 Å². The van der Waals surface area contributed by atoms with Gasteiger partial charge in [0.2, 0.25) is 0 Å². The molecule has 0 amide bonds. The maximum atomic E-state index is 13.4. The number of ether oxygens (including phenoxy) is 1. The topological polar surface area (TPSA) is 93.8 Å². The third-order valence-electron chi connectivity index (χ3n) is 5.51. The van der Waals surface area contributed by atoms with Gasteiger partial charge in [0, 0.05) is 16.5 Å². The van der Waals surface area contributed by atoms with Crippen molar-refractivity contribution in [2.24, 2.45) is 5.10 Å². The van der Waals surface area contributed by atoms with E-state index < -0.39 is 12.1 Å². The van der Waals surface area contributed by atoms with Gasteiger partial charge in [0.25, 0.3) is 5.56 Å². The predicted octanol–water partition coefficient (Wildman–Crippen LogP) is 5.39. The summed E-state index contributed by atoms with van der Waals surface area (Å²) in [4.78, 5) is 29.5. The molecular weight excluding hydrogens is 498 g/mol. The number of nitrogens with zero attached hydrogens (tertiary/aromatic N) is 3. The highest BCUT2D eigenvalue weighted by molar-refractivity contribution is 9.10. The molecule has 1 N–H and O–H groups in total. The van der Waals surface area contributed by atoms with Gasteiger partial charge in [-0.05, 0) is 48.4 Å². The minimum absolute atomic E-state index is 0.268. The molecule has 3 aromatic carbocycles. The lowest BCUT2D eigenvalue weighted by Gasteiger charge is -2.15. The largest absolute Gasteiger partial charge is 0.479 e. The lowest BCUT2D eigenvalue weighted by Crippen LogP contribution is -2.24. The van der Waals surface area contributed by atoms with Crippen LogP contribution in [-0.4, -0.2) is 33.1 Å². The van der Waals surface area contributed by atoms with Crippen LogP contribution in [0, 0.1) is 0 Å². The first-order chi connectivity index (χ1) is 16.4. The van der Waals surface area contributed by atoms with Crippen molar-refractivity contribution in [3.05, 3.63) is 80.8 Å². The second kappa shape index (κ2) is 10.2. The van der Waals surface area contributed by atoms with E-state index >= 15 is 0 Å². The highest BCUT2D eigenvalue weighted by Crippen LogP contribution is 2.28. The smallest absolute Gasteiger partial charge is 0.344 e.